The van der Waals surface area contributed by atoms with Crippen LogP contribution in [0.1, 0.15) is 35.7 Å². The molecular weight excluding hydrogens is 376 g/mol. The fourth-order valence-corrected chi connectivity index (χ4v) is 4.05. The molecule has 0 bridgehead atoms. The molecule has 0 spiro atoms. The second-order valence-electron chi connectivity index (χ2n) is 6.81. The number of carbonyl (C=O) groups is 1. The lowest BCUT2D eigenvalue weighted by Crippen LogP contribution is -2.27. The lowest BCUT2D eigenvalue weighted by atomic mass is 10.1. The molecule has 7 nitrogen and oxygen atoms in total. The van der Waals surface area contributed by atoms with Crippen LogP contribution in [0.5, 0.6) is 0 Å². The first-order chi connectivity index (χ1) is 13.5. The van der Waals surface area contributed by atoms with Crippen LogP contribution in [0.25, 0.3) is 16.0 Å². The number of thiophene rings is 1. The summed E-state index contributed by atoms with van der Waals surface area (Å²) in [4.78, 5) is 38.5. The molecule has 0 radical (unpaired) electrons. The van der Waals surface area contributed by atoms with Gasteiger partial charge in [-0.3, -0.25) is 14.2 Å². The summed E-state index contributed by atoms with van der Waals surface area (Å²) in [7, 11) is 0. The molecule has 3 aromatic heterocycles. The van der Waals surface area contributed by atoms with Crippen molar-refractivity contribution in [2.24, 2.45) is 0 Å². The minimum absolute atomic E-state index is 0.145. The number of hydrogen-bond donors (Lipinski definition) is 0. The van der Waals surface area contributed by atoms with E-state index in [0.717, 1.165) is 23.1 Å². The van der Waals surface area contributed by atoms with Crippen LogP contribution in [-0.2, 0) is 13.1 Å². The summed E-state index contributed by atoms with van der Waals surface area (Å²) in [5.74, 6) is 0.0839. The minimum Gasteiger partial charge on any atom is -0.292 e. The highest BCUT2D eigenvalue weighted by atomic mass is 32.1. The van der Waals surface area contributed by atoms with Crippen molar-refractivity contribution in [2.45, 2.75) is 39.8 Å². The molecule has 0 fully saturated rings. The Morgan fingerprint density at radius 1 is 1.14 bits per heavy atom. The minimum atomic E-state index is -0.413. The van der Waals surface area contributed by atoms with E-state index in [2.05, 4.69) is 5.10 Å². The van der Waals surface area contributed by atoms with E-state index in [1.807, 2.05) is 26.0 Å². The standard InChI is InChI=1S/C20H20N4O3S/c1-3-4-10-22-18(26)17-15(9-11-28-17)24-19(22)21-23(20(24)27)12-16(25)14-7-5-13(2)6-8-14/h5-9,11H,3-4,10,12H2,1-2H3. The van der Waals surface area contributed by atoms with Crippen molar-refractivity contribution in [2.75, 3.05) is 0 Å². The van der Waals surface area contributed by atoms with Gasteiger partial charge in [0.1, 0.15) is 11.2 Å². The van der Waals surface area contributed by atoms with E-state index in [0.29, 0.717) is 22.3 Å². The molecule has 3 heterocycles. The van der Waals surface area contributed by atoms with E-state index < -0.39 is 5.69 Å². The third kappa shape index (κ3) is 2.99. The number of aryl methyl sites for hydroxylation is 2. The van der Waals surface area contributed by atoms with E-state index in [1.54, 1.807) is 23.6 Å². The number of nitrogens with zero attached hydrogens (tertiary/aromatic N) is 4. The molecular formula is C20H20N4O3S. The highest BCUT2D eigenvalue weighted by Gasteiger charge is 2.19. The largest absolute Gasteiger partial charge is 0.352 e. The Hall–Kier alpha value is -3.00. The van der Waals surface area contributed by atoms with Gasteiger partial charge in [-0.1, -0.05) is 43.2 Å². The van der Waals surface area contributed by atoms with E-state index in [-0.39, 0.29) is 23.7 Å². The number of aromatic nitrogens is 4. The Bertz CT molecular complexity index is 1290. The molecule has 4 aromatic rings. The molecule has 0 atom stereocenters. The maximum absolute atomic E-state index is 13.0. The first kappa shape index (κ1) is 18.4. The van der Waals surface area contributed by atoms with Crippen LogP contribution in [0.3, 0.4) is 0 Å². The van der Waals surface area contributed by atoms with Crippen molar-refractivity contribution < 1.29 is 4.79 Å². The number of ketones is 1. The topological polar surface area (TPSA) is 78.4 Å². The number of rotatable bonds is 6. The molecule has 28 heavy (non-hydrogen) atoms. The van der Waals surface area contributed by atoms with Crippen LogP contribution < -0.4 is 11.2 Å². The average molecular weight is 396 g/mol. The predicted molar refractivity (Wildman–Crippen MR) is 110 cm³/mol. The highest BCUT2D eigenvalue weighted by Crippen LogP contribution is 2.17. The lowest BCUT2D eigenvalue weighted by molar-refractivity contribution is 0.0966. The number of unbranched alkanes of at least 4 members (excludes halogenated alkanes) is 1. The van der Waals surface area contributed by atoms with Gasteiger partial charge in [-0.2, -0.15) is 0 Å². The Balaban J connectivity index is 1.85. The Morgan fingerprint density at radius 3 is 2.61 bits per heavy atom. The van der Waals surface area contributed by atoms with Gasteiger partial charge in [0.25, 0.3) is 5.56 Å². The smallest absolute Gasteiger partial charge is 0.292 e. The van der Waals surface area contributed by atoms with Crippen molar-refractivity contribution >= 4 is 33.1 Å². The van der Waals surface area contributed by atoms with Gasteiger partial charge in [0.2, 0.25) is 5.78 Å². The third-order valence-corrected chi connectivity index (χ3v) is 5.68. The van der Waals surface area contributed by atoms with Crippen molar-refractivity contribution in [1.29, 1.82) is 0 Å². The quantitative estimate of drug-likeness (QED) is 0.470. The first-order valence-electron chi connectivity index (χ1n) is 9.20. The zero-order valence-electron chi connectivity index (χ0n) is 15.7. The maximum atomic E-state index is 13.0. The zero-order chi connectivity index (χ0) is 19.8. The number of hydrogen-bond acceptors (Lipinski definition) is 5. The number of Topliss-reactive ketones (excluding diaryl/α,β-unsaturated/α-hetero) is 1. The summed E-state index contributed by atoms with van der Waals surface area (Å²) in [6.45, 7) is 4.30. The van der Waals surface area contributed by atoms with Crippen molar-refractivity contribution in [3.05, 3.63) is 67.7 Å². The van der Waals surface area contributed by atoms with Gasteiger partial charge >= 0.3 is 5.69 Å². The molecule has 0 amide bonds. The van der Waals surface area contributed by atoms with Gasteiger partial charge in [-0.15, -0.1) is 16.4 Å². The van der Waals surface area contributed by atoms with Crippen LogP contribution in [0, 0.1) is 6.92 Å². The summed E-state index contributed by atoms with van der Waals surface area (Å²) in [6, 6.07) is 8.95. The van der Waals surface area contributed by atoms with E-state index in [1.165, 1.54) is 20.3 Å². The molecule has 0 saturated heterocycles. The van der Waals surface area contributed by atoms with E-state index >= 15 is 0 Å². The Labute approximate surface area is 164 Å². The van der Waals surface area contributed by atoms with Crippen LogP contribution in [0.2, 0.25) is 0 Å². The molecule has 0 aliphatic carbocycles. The van der Waals surface area contributed by atoms with Gasteiger partial charge in [0, 0.05) is 12.1 Å². The van der Waals surface area contributed by atoms with Crippen molar-refractivity contribution in [1.82, 2.24) is 18.7 Å². The second-order valence-corrected chi connectivity index (χ2v) is 7.73. The average Bonchev–Trinajstić information content (AvgIpc) is 3.28. The van der Waals surface area contributed by atoms with E-state index in [9.17, 15) is 14.4 Å². The summed E-state index contributed by atoms with van der Waals surface area (Å²) in [5.41, 5.74) is 1.56. The molecule has 1 aromatic carbocycles. The lowest BCUT2D eigenvalue weighted by Gasteiger charge is -2.06. The predicted octanol–water partition coefficient (Wildman–Crippen LogP) is 2.86. The molecule has 0 aliphatic rings. The first-order valence-corrected chi connectivity index (χ1v) is 10.1. The monoisotopic (exact) mass is 396 g/mol. The van der Waals surface area contributed by atoms with Gasteiger partial charge in [0.15, 0.2) is 5.78 Å². The van der Waals surface area contributed by atoms with Crippen LogP contribution in [0.4, 0.5) is 0 Å². The summed E-state index contributed by atoms with van der Waals surface area (Å²) < 4.78 is 4.65. The molecule has 144 valence electrons. The third-order valence-electron chi connectivity index (χ3n) is 4.79. The summed E-state index contributed by atoms with van der Waals surface area (Å²) in [6.07, 6.45) is 1.72. The molecule has 0 N–H and O–H groups in total. The number of carbonyl (C=O) groups excluding carboxylic acids is 1. The van der Waals surface area contributed by atoms with Gasteiger partial charge in [-0.25, -0.2) is 13.9 Å². The molecule has 8 heteroatoms. The highest BCUT2D eigenvalue weighted by molar-refractivity contribution is 7.17. The van der Waals surface area contributed by atoms with Gasteiger partial charge in [0.05, 0.1) is 5.52 Å². The number of fused-ring (bicyclic) bond motifs is 3. The Morgan fingerprint density at radius 2 is 1.89 bits per heavy atom. The zero-order valence-corrected chi connectivity index (χ0v) is 16.5. The Kier molecular flexibility index (Phi) is 4.72. The molecule has 0 aliphatic heterocycles. The van der Waals surface area contributed by atoms with E-state index in [4.69, 9.17) is 0 Å². The molecule has 0 unspecified atom stereocenters. The van der Waals surface area contributed by atoms with Gasteiger partial charge < -0.3 is 0 Å². The SMILES string of the molecule is CCCCn1c(=O)c2sccc2n2c(=O)n(CC(=O)c3ccc(C)cc3)nc12. The van der Waals surface area contributed by atoms with Crippen LogP contribution in [-0.4, -0.2) is 24.5 Å². The van der Waals surface area contributed by atoms with Crippen LogP contribution >= 0.6 is 11.3 Å². The summed E-state index contributed by atoms with van der Waals surface area (Å²) in [5, 5.41) is 6.14. The summed E-state index contributed by atoms with van der Waals surface area (Å²) >= 11 is 1.31. The van der Waals surface area contributed by atoms with Crippen molar-refractivity contribution in [3.8, 4) is 0 Å². The maximum Gasteiger partial charge on any atom is 0.352 e. The molecule has 0 saturated carbocycles. The molecule has 4 rings (SSSR count). The number of benzene rings is 1. The normalized spacial score (nSPS) is 11.5. The second kappa shape index (κ2) is 7.20. The fourth-order valence-electron chi connectivity index (χ4n) is 3.22. The van der Waals surface area contributed by atoms with Gasteiger partial charge in [-0.05, 0) is 24.8 Å². The fraction of sp³-hybridized carbons (Fsp3) is 0.300. The van der Waals surface area contributed by atoms with Crippen LogP contribution in [0.15, 0.2) is 45.3 Å². The van der Waals surface area contributed by atoms with Crippen molar-refractivity contribution in [3.63, 3.8) is 0 Å².